The van der Waals surface area contributed by atoms with Gasteiger partial charge < -0.3 is 5.11 Å². The first-order chi connectivity index (χ1) is 9.68. The van der Waals surface area contributed by atoms with Crippen molar-refractivity contribution in [3.63, 3.8) is 0 Å². The van der Waals surface area contributed by atoms with Crippen molar-refractivity contribution in [2.45, 2.75) is 0 Å². The van der Waals surface area contributed by atoms with E-state index < -0.39 is 5.82 Å². The molecule has 0 aliphatic rings. The lowest BCUT2D eigenvalue weighted by molar-refractivity contribution is 0.504. The van der Waals surface area contributed by atoms with E-state index in [4.69, 9.17) is 0 Å². The van der Waals surface area contributed by atoms with Crippen LogP contribution >= 0.6 is 0 Å². The number of halogens is 1. The van der Waals surface area contributed by atoms with Gasteiger partial charge in [-0.25, -0.2) is 4.39 Å². The molecule has 3 heteroatoms. The van der Waals surface area contributed by atoms with Crippen molar-refractivity contribution in [3.8, 4) is 11.3 Å². The topological polar surface area (TPSA) is 33.1 Å². The van der Waals surface area contributed by atoms with Crippen molar-refractivity contribution in [2.75, 3.05) is 0 Å². The Balaban J connectivity index is 2.37. The molecule has 3 aromatic rings. The second-order valence-electron chi connectivity index (χ2n) is 4.49. The van der Waals surface area contributed by atoms with Crippen molar-refractivity contribution >= 4 is 16.5 Å². The molecule has 0 aliphatic heterocycles. The van der Waals surface area contributed by atoms with Gasteiger partial charge in [-0.15, -0.1) is 0 Å². The Morgan fingerprint density at radius 2 is 1.85 bits per heavy atom. The molecule has 0 fully saturated rings. The van der Waals surface area contributed by atoms with E-state index in [1.165, 1.54) is 6.07 Å². The van der Waals surface area contributed by atoms with Crippen molar-refractivity contribution in [2.24, 2.45) is 0 Å². The van der Waals surface area contributed by atoms with Crippen molar-refractivity contribution < 1.29 is 9.50 Å². The molecule has 20 heavy (non-hydrogen) atoms. The van der Waals surface area contributed by atoms with Gasteiger partial charge in [-0.05, 0) is 17.5 Å². The van der Waals surface area contributed by atoms with Crippen molar-refractivity contribution in [1.29, 1.82) is 0 Å². The molecule has 0 amide bonds. The summed E-state index contributed by atoms with van der Waals surface area (Å²) >= 11 is 0. The van der Waals surface area contributed by atoms with Crippen LogP contribution in [0, 0.1) is 5.82 Å². The lowest BCUT2D eigenvalue weighted by Crippen LogP contribution is -1.95. The Labute approximate surface area is 115 Å². The number of rotatable bonds is 2. The molecule has 0 atom stereocenters. The second kappa shape index (κ2) is 4.78. The average Bonchev–Trinajstić information content (AvgIpc) is 2.46. The molecule has 1 aromatic heterocycles. The van der Waals surface area contributed by atoms with Crippen LogP contribution in [0.5, 0.6) is 0 Å². The summed E-state index contributed by atoms with van der Waals surface area (Å²) in [4.78, 5) is 4.34. The molecule has 0 saturated carbocycles. The predicted octanol–water partition coefficient (Wildman–Crippen LogP) is 4.57. The number of aliphatic hydroxyl groups excluding tert-OH is 1. The maximum atomic E-state index is 13.9. The fourth-order valence-electron chi connectivity index (χ4n) is 2.35. The fourth-order valence-corrected chi connectivity index (χ4v) is 2.35. The first kappa shape index (κ1) is 12.4. The van der Waals surface area contributed by atoms with E-state index in [0.29, 0.717) is 11.3 Å². The Morgan fingerprint density at radius 3 is 2.65 bits per heavy atom. The third kappa shape index (κ3) is 1.93. The second-order valence-corrected chi connectivity index (χ2v) is 4.49. The van der Waals surface area contributed by atoms with Gasteiger partial charge in [0.1, 0.15) is 11.6 Å². The van der Waals surface area contributed by atoms with Gasteiger partial charge in [0.2, 0.25) is 0 Å². The van der Waals surface area contributed by atoms with Crippen LogP contribution in [0.3, 0.4) is 0 Å². The van der Waals surface area contributed by atoms with E-state index >= 15 is 0 Å². The number of pyridine rings is 1. The van der Waals surface area contributed by atoms with E-state index in [1.54, 1.807) is 18.3 Å². The van der Waals surface area contributed by atoms with Crippen LogP contribution in [0.1, 0.15) is 5.56 Å². The molecule has 0 bridgehead atoms. The highest BCUT2D eigenvalue weighted by Gasteiger charge is 2.15. The first-order valence-corrected chi connectivity index (χ1v) is 6.19. The summed E-state index contributed by atoms with van der Waals surface area (Å²) in [6.07, 6.45) is 1.67. The lowest BCUT2D eigenvalue weighted by Gasteiger charge is -2.11. The van der Waals surface area contributed by atoms with Gasteiger partial charge in [-0.2, -0.15) is 0 Å². The van der Waals surface area contributed by atoms with Gasteiger partial charge in [0.25, 0.3) is 0 Å². The van der Waals surface area contributed by atoms with Crippen LogP contribution in [-0.2, 0) is 0 Å². The quantitative estimate of drug-likeness (QED) is 0.688. The van der Waals surface area contributed by atoms with Crippen LogP contribution in [0.4, 0.5) is 4.39 Å². The van der Waals surface area contributed by atoms with Crippen LogP contribution in [0.25, 0.3) is 27.8 Å². The van der Waals surface area contributed by atoms with Crippen LogP contribution in [0.15, 0.2) is 61.3 Å². The monoisotopic (exact) mass is 265 g/mol. The van der Waals surface area contributed by atoms with Crippen LogP contribution in [-0.4, -0.2) is 10.1 Å². The molecule has 0 saturated heterocycles. The van der Waals surface area contributed by atoms with E-state index in [2.05, 4.69) is 11.6 Å². The number of aliphatic hydroxyl groups is 1. The fraction of sp³-hybridized carbons (Fsp3) is 0. The summed E-state index contributed by atoms with van der Waals surface area (Å²) in [7, 11) is 0. The molecule has 0 spiro atoms. The first-order valence-electron chi connectivity index (χ1n) is 6.19. The van der Waals surface area contributed by atoms with Gasteiger partial charge in [0, 0.05) is 17.1 Å². The molecular formula is C17H12FNO. The minimum Gasteiger partial charge on any atom is -0.508 e. The molecule has 3 rings (SSSR count). The SMILES string of the molecule is C=C(O)c1c(F)cccc1-c1nccc2ccccc12. The van der Waals surface area contributed by atoms with Crippen LogP contribution < -0.4 is 0 Å². The molecule has 2 aromatic carbocycles. The maximum absolute atomic E-state index is 13.9. The number of nitrogens with zero attached hydrogens (tertiary/aromatic N) is 1. The van der Waals surface area contributed by atoms with Gasteiger partial charge >= 0.3 is 0 Å². The van der Waals surface area contributed by atoms with E-state index in [1.807, 2.05) is 30.3 Å². The zero-order valence-electron chi connectivity index (χ0n) is 10.7. The number of aromatic nitrogens is 1. The number of hydrogen-bond donors (Lipinski definition) is 1. The maximum Gasteiger partial charge on any atom is 0.134 e. The molecule has 0 aliphatic carbocycles. The van der Waals surface area contributed by atoms with E-state index in [0.717, 1.165) is 10.8 Å². The third-order valence-corrected chi connectivity index (χ3v) is 3.23. The Hall–Kier alpha value is -2.68. The van der Waals surface area contributed by atoms with E-state index in [9.17, 15) is 9.50 Å². The summed E-state index contributed by atoms with van der Waals surface area (Å²) in [5.74, 6) is -0.808. The van der Waals surface area contributed by atoms with Gasteiger partial charge in [-0.3, -0.25) is 4.98 Å². The van der Waals surface area contributed by atoms with Crippen molar-refractivity contribution in [1.82, 2.24) is 4.98 Å². The normalized spacial score (nSPS) is 10.7. The number of hydrogen-bond acceptors (Lipinski definition) is 2. The van der Waals surface area contributed by atoms with Gasteiger partial charge in [0.05, 0.1) is 11.3 Å². The summed E-state index contributed by atoms with van der Waals surface area (Å²) in [5.41, 5.74) is 1.26. The summed E-state index contributed by atoms with van der Waals surface area (Å²) in [6, 6.07) is 14.2. The third-order valence-electron chi connectivity index (χ3n) is 3.23. The van der Waals surface area contributed by atoms with E-state index in [-0.39, 0.29) is 11.3 Å². The minimum absolute atomic E-state index is 0.0938. The van der Waals surface area contributed by atoms with Crippen molar-refractivity contribution in [3.05, 3.63) is 72.7 Å². The summed E-state index contributed by atoms with van der Waals surface area (Å²) in [5, 5.41) is 11.6. The smallest absolute Gasteiger partial charge is 0.134 e. The molecular weight excluding hydrogens is 253 g/mol. The number of fused-ring (bicyclic) bond motifs is 1. The highest BCUT2D eigenvalue weighted by Crippen LogP contribution is 2.32. The van der Waals surface area contributed by atoms with Gasteiger partial charge in [0.15, 0.2) is 0 Å². The summed E-state index contributed by atoms with van der Waals surface area (Å²) in [6.45, 7) is 3.44. The predicted molar refractivity (Wildman–Crippen MR) is 78.8 cm³/mol. The largest absolute Gasteiger partial charge is 0.508 e. The molecule has 0 radical (unpaired) electrons. The highest BCUT2D eigenvalue weighted by molar-refractivity contribution is 5.96. The molecule has 0 unspecified atom stereocenters. The average molecular weight is 265 g/mol. The van der Waals surface area contributed by atoms with Gasteiger partial charge in [-0.1, -0.05) is 43.0 Å². The zero-order valence-corrected chi connectivity index (χ0v) is 10.7. The number of benzene rings is 2. The van der Waals surface area contributed by atoms with Crippen LogP contribution in [0.2, 0.25) is 0 Å². The Kier molecular flexibility index (Phi) is 2.95. The molecule has 98 valence electrons. The standard InChI is InChI=1S/C17H12FNO/c1-11(20)16-14(7-4-8-15(16)18)17-13-6-3-2-5-12(13)9-10-19-17/h2-10,20H,1H2. The molecule has 2 nitrogen and oxygen atoms in total. The highest BCUT2D eigenvalue weighted by atomic mass is 19.1. The lowest BCUT2D eigenvalue weighted by atomic mass is 9.98. The Morgan fingerprint density at radius 1 is 1.05 bits per heavy atom. The summed E-state index contributed by atoms with van der Waals surface area (Å²) < 4.78 is 13.9. The molecule has 1 N–H and O–H groups in total. The zero-order chi connectivity index (χ0) is 14.1. The Bertz CT molecular complexity index is 806. The minimum atomic E-state index is -0.510. The molecule has 1 heterocycles.